The Kier molecular flexibility index (Phi) is 4.16. The van der Waals surface area contributed by atoms with Crippen molar-refractivity contribution in [2.45, 2.75) is 4.90 Å². The Balaban J connectivity index is 1.60. The molecule has 10 heteroatoms. The van der Waals surface area contributed by atoms with Gasteiger partial charge in [0.2, 0.25) is 0 Å². The molecule has 1 aliphatic heterocycles. The smallest absolute Gasteiger partial charge is 0.323 e. The molecule has 0 bridgehead atoms. The Morgan fingerprint density at radius 1 is 1.07 bits per heavy atom. The molecule has 150 valence electrons. The van der Waals surface area contributed by atoms with Crippen molar-refractivity contribution in [3.63, 3.8) is 0 Å². The van der Waals surface area contributed by atoms with Gasteiger partial charge in [-0.25, -0.2) is 13.2 Å². The third-order valence-electron chi connectivity index (χ3n) is 4.86. The molecule has 5 rings (SSSR count). The number of aromatic nitrogens is 2. The first-order valence-electron chi connectivity index (χ1n) is 8.98. The number of anilines is 1. The number of benzene rings is 2. The number of nitrogens with one attached hydrogen (secondary N) is 2. The number of sulfonamides is 1. The van der Waals surface area contributed by atoms with E-state index in [1.807, 2.05) is 12.1 Å². The fourth-order valence-corrected chi connectivity index (χ4v) is 5.73. The Morgan fingerprint density at radius 2 is 1.90 bits per heavy atom. The number of hydrogen-bond donors (Lipinski definition) is 2. The van der Waals surface area contributed by atoms with E-state index in [0.29, 0.717) is 27.3 Å². The van der Waals surface area contributed by atoms with E-state index in [0.717, 1.165) is 10.4 Å². The molecule has 2 N–H and O–H groups in total. The molecule has 1 aliphatic rings. The fourth-order valence-electron chi connectivity index (χ4n) is 3.45. The number of nitriles is 1. The van der Waals surface area contributed by atoms with Crippen molar-refractivity contribution in [1.29, 1.82) is 5.26 Å². The summed E-state index contributed by atoms with van der Waals surface area (Å²) in [7, 11) is -3.89. The van der Waals surface area contributed by atoms with Gasteiger partial charge in [-0.2, -0.15) is 5.26 Å². The number of ether oxygens (including phenoxy) is 1. The van der Waals surface area contributed by atoms with Crippen molar-refractivity contribution >= 4 is 38.1 Å². The number of hydrogen-bond acceptors (Lipinski definition) is 6. The predicted octanol–water partition coefficient (Wildman–Crippen LogP) is 3.04. The third-order valence-corrected chi connectivity index (χ3v) is 7.70. The lowest BCUT2D eigenvalue weighted by atomic mass is 10.1. The summed E-state index contributed by atoms with van der Waals surface area (Å²) in [5.74, 6) is 0.474. The van der Waals surface area contributed by atoms with Crippen LogP contribution in [0.25, 0.3) is 21.5 Å². The van der Waals surface area contributed by atoms with Gasteiger partial charge in [-0.3, -0.25) is 4.31 Å². The standard InChI is InChI=1S/C20H14N4O4S2/c21-11-13-2-6-19(29-13)12-1-5-18-17(9-12)24(7-8-28-18)30(26,27)14-3-4-15-16(10-14)23-20(25)22-15/h1-6,9-10H,7-8H2,(H2,22,23,25). The highest BCUT2D eigenvalue weighted by Crippen LogP contribution is 2.40. The Morgan fingerprint density at radius 3 is 2.70 bits per heavy atom. The largest absolute Gasteiger partial charge is 0.489 e. The summed E-state index contributed by atoms with van der Waals surface area (Å²) in [6, 6.07) is 15.5. The molecule has 0 saturated carbocycles. The minimum Gasteiger partial charge on any atom is -0.489 e. The minimum absolute atomic E-state index is 0.0754. The van der Waals surface area contributed by atoms with E-state index in [1.165, 1.54) is 27.8 Å². The van der Waals surface area contributed by atoms with Crippen molar-refractivity contribution in [2.75, 3.05) is 17.5 Å². The molecule has 2 aromatic heterocycles. The molecule has 0 atom stereocenters. The molecule has 4 aromatic rings. The number of imidazole rings is 1. The van der Waals surface area contributed by atoms with Crippen LogP contribution < -0.4 is 14.7 Å². The van der Waals surface area contributed by atoms with Crippen LogP contribution in [0.15, 0.2) is 58.2 Å². The number of rotatable bonds is 3. The first-order valence-corrected chi connectivity index (χ1v) is 11.2. The molecule has 0 aliphatic carbocycles. The van der Waals surface area contributed by atoms with Crippen LogP contribution in [0.4, 0.5) is 5.69 Å². The normalized spacial score (nSPS) is 13.6. The molecule has 2 aromatic carbocycles. The van der Waals surface area contributed by atoms with Crippen LogP contribution in [0, 0.1) is 11.3 Å². The minimum atomic E-state index is -3.89. The molecule has 0 saturated heterocycles. The second-order valence-electron chi connectivity index (χ2n) is 6.67. The van der Waals surface area contributed by atoms with Gasteiger partial charge in [0.25, 0.3) is 10.0 Å². The summed E-state index contributed by atoms with van der Waals surface area (Å²) in [6.45, 7) is 0.390. The zero-order chi connectivity index (χ0) is 20.9. The second kappa shape index (κ2) is 6.76. The number of nitrogens with zero attached hydrogens (tertiary/aromatic N) is 2. The van der Waals surface area contributed by atoms with Gasteiger partial charge in [0, 0.05) is 4.88 Å². The van der Waals surface area contributed by atoms with Crippen molar-refractivity contribution in [2.24, 2.45) is 0 Å². The Labute approximate surface area is 175 Å². The SMILES string of the molecule is N#Cc1ccc(-c2ccc3c(c2)N(S(=O)(=O)c2ccc4[nH]c(=O)[nH]c4c2)CCO3)s1. The van der Waals surface area contributed by atoms with Gasteiger partial charge < -0.3 is 14.7 Å². The number of aromatic amines is 2. The van der Waals surface area contributed by atoms with Crippen LogP contribution in [0.3, 0.4) is 0 Å². The van der Waals surface area contributed by atoms with E-state index in [-0.39, 0.29) is 18.0 Å². The van der Waals surface area contributed by atoms with E-state index in [4.69, 9.17) is 10.00 Å². The lowest BCUT2D eigenvalue weighted by Gasteiger charge is -2.30. The summed E-state index contributed by atoms with van der Waals surface area (Å²) in [4.78, 5) is 18.2. The summed E-state index contributed by atoms with van der Waals surface area (Å²) in [6.07, 6.45) is 0. The van der Waals surface area contributed by atoms with Gasteiger partial charge >= 0.3 is 5.69 Å². The molecule has 8 nitrogen and oxygen atoms in total. The van der Waals surface area contributed by atoms with Crippen LogP contribution in [0.1, 0.15) is 4.88 Å². The summed E-state index contributed by atoms with van der Waals surface area (Å²) >= 11 is 1.34. The van der Waals surface area contributed by atoms with Gasteiger partial charge in [-0.05, 0) is 54.1 Å². The van der Waals surface area contributed by atoms with Crippen molar-refractivity contribution < 1.29 is 13.2 Å². The molecule has 0 radical (unpaired) electrons. The maximum Gasteiger partial charge on any atom is 0.323 e. The maximum absolute atomic E-state index is 13.4. The van der Waals surface area contributed by atoms with Crippen LogP contribution in [0.5, 0.6) is 5.75 Å². The van der Waals surface area contributed by atoms with Crippen molar-refractivity contribution in [3.05, 3.63) is 63.9 Å². The zero-order valence-corrected chi connectivity index (χ0v) is 17.0. The lowest BCUT2D eigenvalue weighted by molar-refractivity contribution is 0.316. The number of H-pyrrole nitrogens is 2. The Bertz CT molecular complexity index is 1490. The quantitative estimate of drug-likeness (QED) is 0.510. The Hall–Kier alpha value is -3.55. The van der Waals surface area contributed by atoms with E-state index >= 15 is 0 Å². The van der Waals surface area contributed by atoms with Crippen molar-refractivity contribution in [3.8, 4) is 22.3 Å². The number of fused-ring (bicyclic) bond motifs is 2. The number of thiophene rings is 1. The van der Waals surface area contributed by atoms with E-state index in [9.17, 15) is 13.2 Å². The maximum atomic E-state index is 13.4. The first-order chi connectivity index (χ1) is 14.5. The van der Waals surface area contributed by atoms with Crippen LogP contribution in [-0.2, 0) is 10.0 Å². The average Bonchev–Trinajstić information content (AvgIpc) is 3.37. The highest BCUT2D eigenvalue weighted by Gasteiger charge is 2.31. The van der Waals surface area contributed by atoms with E-state index < -0.39 is 15.7 Å². The molecule has 0 unspecified atom stereocenters. The zero-order valence-electron chi connectivity index (χ0n) is 15.4. The second-order valence-corrected chi connectivity index (χ2v) is 9.62. The highest BCUT2D eigenvalue weighted by atomic mass is 32.2. The first kappa shape index (κ1) is 18.5. The molecule has 3 heterocycles. The van der Waals surface area contributed by atoms with Gasteiger partial charge in [0.05, 0.1) is 28.2 Å². The average molecular weight is 438 g/mol. The van der Waals surface area contributed by atoms with E-state index in [1.54, 1.807) is 24.3 Å². The molecule has 0 amide bonds. The molecule has 30 heavy (non-hydrogen) atoms. The van der Waals surface area contributed by atoms with Crippen molar-refractivity contribution in [1.82, 2.24) is 9.97 Å². The van der Waals surface area contributed by atoms with Crippen LogP contribution in [0.2, 0.25) is 0 Å². The van der Waals surface area contributed by atoms with Gasteiger partial charge in [-0.15, -0.1) is 11.3 Å². The molecular formula is C20H14N4O4S2. The van der Waals surface area contributed by atoms with Gasteiger partial charge in [0.15, 0.2) is 0 Å². The lowest BCUT2D eigenvalue weighted by Crippen LogP contribution is -2.37. The summed E-state index contributed by atoms with van der Waals surface area (Å²) in [5.41, 5.74) is 1.80. The molecule has 0 fully saturated rings. The monoisotopic (exact) mass is 438 g/mol. The van der Waals surface area contributed by atoms with E-state index in [2.05, 4.69) is 16.0 Å². The predicted molar refractivity (Wildman–Crippen MR) is 113 cm³/mol. The van der Waals surface area contributed by atoms with Crippen LogP contribution in [-0.4, -0.2) is 31.5 Å². The summed E-state index contributed by atoms with van der Waals surface area (Å²) < 4.78 is 33.8. The summed E-state index contributed by atoms with van der Waals surface area (Å²) in [5, 5.41) is 9.07. The topological polar surface area (TPSA) is 119 Å². The third kappa shape index (κ3) is 2.96. The van der Waals surface area contributed by atoms with Gasteiger partial charge in [0.1, 0.15) is 23.3 Å². The highest BCUT2D eigenvalue weighted by molar-refractivity contribution is 7.92. The van der Waals surface area contributed by atoms with Crippen LogP contribution >= 0.6 is 11.3 Å². The molecular weight excluding hydrogens is 424 g/mol. The van der Waals surface area contributed by atoms with Gasteiger partial charge in [-0.1, -0.05) is 0 Å². The molecule has 0 spiro atoms. The fraction of sp³-hybridized carbons (Fsp3) is 0.100.